The summed E-state index contributed by atoms with van der Waals surface area (Å²) in [6, 6.07) is 13.0. The first-order chi connectivity index (χ1) is 13.0. The lowest BCUT2D eigenvalue weighted by Gasteiger charge is -2.09. The fraction of sp³-hybridized carbons (Fsp3) is 0.316. The summed E-state index contributed by atoms with van der Waals surface area (Å²) in [6.07, 6.45) is 0.707. The van der Waals surface area contributed by atoms with E-state index in [4.69, 9.17) is 9.47 Å². The minimum Gasteiger partial charge on any atom is -0.497 e. The van der Waals surface area contributed by atoms with E-state index in [1.54, 1.807) is 31.4 Å². The van der Waals surface area contributed by atoms with E-state index in [1.807, 2.05) is 6.92 Å². The van der Waals surface area contributed by atoms with Crippen LogP contribution >= 0.6 is 0 Å². The molecule has 0 aliphatic carbocycles. The van der Waals surface area contributed by atoms with Crippen LogP contribution in [0.2, 0.25) is 0 Å². The molecule has 27 heavy (non-hydrogen) atoms. The van der Waals surface area contributed by atoms with Crippen molar-refractivity contribution in [3.63, 3.8) is 0 Å². The van der Waals surface area contributed by atoms with Crippen LogP contribution in [-0.2, 0) is 10.0 Å². The van der Waals surface area contributed by atoms with Crippen LogP contribution in [0, 0.1) is 0 Å². The Labute approximate surface area is 159 Å². The monoisotopic (exact) mass is 392 g/mol. The summed E-state index contributed by atoms with van der Waals surface area (Å²) >= 11 is 0. The third-order valence-electron chi connectivity index (χ3n) is 3.68. The highest BCUT2D eigenvalue weighted by atomic mass is 32.2. The van der Waals surface area contributed by atoms with Crippen molar-refractivity contribution in [2.75, 3.05) is 26.8 Å². The summed E-state index contributed by atoms with van der Waals surface area (Å²) in [5, 5.41) is 2.73. The van der Waals surface area contributed by atoms with E-state index >= 15 is 0 Å². The van der Waals surface area contributed by atoms with Gasteiger partial charge in [-0.15, -0.1) is 0 Å². The molecular weight excluding hydrogens is 368 g/mol. The van der Waals surface area contributed by atoms with Crippen molar-refractivity contribution in [1.82, 2.24) is 10.0 Å². The molecule has 0 unspecified atom stereocenters. The highest BCUT2D eigenvalue weighted by molar-refractivity contribution is 7.89. The van der Waals surface area contributed by atoms with Gasteiger partial charge in [0.05, 0.1) is 18.6 Å². The molecule has 2 aromatic rings. The minimum absolute atomic E-state index is 0.135. The molecule has 2 N–H and O–H groups in total. The van der Waals surface area contributed by atoms with Gasteiger partial charge >= 0.3 is 0 Å². The maximum absolute atomic E-state index is 12.1. The lowest BCUT2D eigenvalue weighted by atomic mass is 10.2. The molecular formula is C19H24N2O5S. The van der Waals surface area contributed by atoms with Crippen LogP contribution in [0.5, 0.6) is 11.5 Å². The standard InChI is InChI=1S/C19H24N2O5S/c1-3-12-21-27(23,24)18-10-4-15(5-11-18)19(22)20-13-14-26-17-8-6-16(25-2)7-9-17/h4-11,21H,3,12-14H2,1-2H3,(H,20,22). The second-order valence-corrected chi connectivity index (χ2v) is 7.47. The van der Waals surface area contributed by atoms with Crippen molar-refractivity contribution >= 4 is 15.9 Å². The number of ether oxygens (including phenoxy) is 2. The van der Waals surface area contributed by atoms with Crippen molar-refractivity contribution in [2.45, 2.75) is 18.2 Å². The SMILES string of the molecule is CCCNS(=O)(=O)c1ccc(C(=O)NCCOc2ccc(OC)cc2)cc1. The zero-order valence-electron chi connectivity index (χ0n) is 15.4. The van der Waals surface area contributed by atoms with Gasteiger partial charge in [-0.2, -0.15) is 0 Å². The minimum atomic E-state index is -3.53. The van der Waals surface area contributed by atoms with E-state index in [0.717, 1.165) is 5.75 Å². The summed E-state index contributed by atoms with van der Waals surface area (Å²) in [7, 11) is -1.94. The number of amides is 1. The van der Waals surface area contributed by atoms with Crippen molar-refractivity contribution in [3.05, 3.63) is 54.1 Å². The molecule has 0 heterocycles. The fourth-order valence-corrected chi connectivity index (χ4v) is 3.35. The molecule has 7 nitrogen and oxygen atoms in total. The maximum atomic E-state index is 12.1. The molecule has 8 heteroatoms. The predicted octanol–water partition coefficient (Wildman–Crippen LogP) is 2.19. The first-order valence-corrected chi connectivity index (χ1v) is 10.1. The number of hydrogen-bond donors (Lipinski definition) is 2. The Balaban J connectivity index is 1.81. The van der Waals surface area contributed by atoms with Gasteiger partial charge in [-0.25, -0.2) is 13.1 Å². The molecule has 2 rings (SSSR count). The summed E-state index contributed by atoms with van der Waals surface area (Å²) in [5.41, 5.74) is 0.383. The largest absolute Gasteiger partial charge is 0.497 e. The van der Waals surface area contributed by atoms with E-state index in [2.05, 4.69) is 10.0 Å². The molecule has 0 bridgehead atoms. The van der Waals surface area contributed by atoms with Gasteiger partial charge in [0.1, 0.15) is 18.1 Å². The highest BCUT2D eigenvalue weighted by Crippen LogP contribution is 2.16. The molecule has 0 aliphatic rings. The summed E-state index contributed by atoms with van der Waals surface area (Å²) < 4.78 is 37.1. The normalized spacial score (nSPS) is 11.0. The molecule has 0 atom stereocenters. The first-order valence-electron chi connectivity index (χ1n) is 8.61. The summed E-state index contributed by atoms with van der Waals surface area (Å²) in [5.74, 6) is 1.13. The van der Waals surface area contributed by atoms with Gasteiger partial charge in [0, 0.05) is 12.1 Å². The van der Waals surface area contributed by atoms with Gasteiger partial charge in [-0.1, -0.05) is 6.92 Å². The third kappa shape index (κ3) is 6.26. The number of nitrogens with one attached hydrogen (secondary N) is 2. The number of carbonyl (C=O) groups excluding carboxylic acids is 1. The second kappa shape index (κ2) is 9.94. The van der Waals surface area contributed by atoms with E-state index < -0.39 is 10.0 Å². The van der Waals surface area contributed by atoms with Gasteiger partial charge in [-0.05, 0) is 55.0 Å². The van der Waals surface area contributed by atoms with Gasteiger partial charge in [0.25, 0.3) is 5.91 Å². The zero-order chi connectivity index (χ0) is 19.7. The highest BCUT2D eigenvalue weighted by Gasteiger charge is 2.14. The molecule has 0 aliphatic heterocycles. The smallest absolute Gasteiger partial charge is 0.251 e. The zero-order valence-corrected chi connectivity index (χ0v) is 16.2. The summed E-state index contributed by atoms with van der Waals surface area (Å²) in [6.45, 7) is 2.89. The Morgan fingerprint density at radius 2 is 1.59 bits per heavy atom. The average molecular weight is 392 g/mol. The van der Waals surface area contributed by atoms with Crippen molar-refractivity contribution in [2.24, 2.45) is 0 Å². The van der Waals surface area contributed by atoms with Crippen molar-refractivity contribution in [3.8, 4) is 11.5 Å². The Kier molecular flexibility index (Phi) is 7.63. The molecule has 0 saturated carbocycles. The summed E-state index contributed by atoms with van der Waals surface area (Å²) in [4.78, 5) is 12.3. The van der Waals surface area contributed by atoms with E-state index in [-0.39, 0.29) is 10.8 Å². The lowest BCUT2D eigenvalue weighted by Crippen LogP contribution is -2.28. The van der Waals surface area contributed by atoms with Crippen LogP contribution in [0.3, 0.4) is 0 Å². The lowest BCUT2D eigenvalue weighted by molar-refractivity contribution is 0.0947. The molecule has 0 spiro atoms. The quantitative estimate of drug-likeness (QED) is 0.605. The van der Waals surface area contributed by atoms with Crippen LogP contribution in [0.25, 0.3) is 0 Å². The average Bonchev–Trinajstić information content (AvgIpc) is 2.70. The van der Waals surface area contributed by atoms with Crippen molar-refractivity contribution in [1.29, 1.82) is 0 Å². The first kappa shape index (κ1) is 20.7. The number of sulfonamides is 1. The molecule has 1 amide bonds. The number of carbonyl (C=O) groups is 1. The second-order valence-electron chi connectivity index (χ2n) is 5.70. The van der Waals surface area contributed by atoms with E-state index in [0.29, 0.717) is 37.4 Å². The molecule has 0 aromatic heterocycles. The molecule has 0 saturated heterocycles. The number of methoxy groups -OCH3 is 1. The van der Waals surface area contributed by atoms with Crippen LogP contribution in [-0.4, -0.2) is 41.1 Å². The Hall–Kier alpha value is -2.58. The number of rotatable bonds is 10. The number of hydrogen-bond acceptors (Lipinski definition) is 5. The van der Waals surface area contributed by atoms with Gasteiger partial charge in [-0.3, -0.25) is 4.79 Å². The maximum Gasteiger partial charge on any atom is 0.251 e. The fourth-order valence-electron chi connectivity index (χ4n) is 2.21. The molecule has 146 valence electrons. The van der Waals surface area contributed by atoms with Crippen LogP contribution in [0.1, 0.15) is 23.7 Å². The van der Waals surface area contributed by atoms with Crippen LogP contribution in [0.4, 0.5) is 0 Å². The van der Waals surface area contributed by atoms with Crippen molar-refractivity contribution < 1.29 is 22.7 Å². The Morgan fingerprint density at radius 1 is 0.963 bits per heavy atom. The van der Waals surface area contributed by atoms with E-state index in [1.165, 1.54) is 24.3 Å². The molecule has 2 aromatic carbocycles. The third-order valence-corrected chi connectivity index (χ3v) is 5.16. The topological polar surface area (TPSA) is 93.7 Å². The van der Waals surface area contributed by atoms with Crippen LogP contribution in [0.15, 0.2) is 53.4 Å². The Morgan fingerprint density at radius 3 is 2.19 bits per heavy atom. The van der Waals surface area contributed by atoms with E-state index in [9.17, 15) is 13.2 Å². The number of benzene rings is 2. The van der Waals surface area contributed by atoms with Crippen LogP contribution < -0.4 is 19.5 Å². The molecule has 0 fully saturated rings. The van der Waals surface area contributed by atoms with Gasteiger partial charge in [0.15, 0.2) is 0 Å². The van der Waals surface area contributed by atoms with Gasteiger partial charge in [0.2, 0.25) is 10.0 Å². The van der Waals surface area contributed by atoms with Gasteiger partial charge < -0.3 is 14.8 Å². The Bertz CT molecular complexity index is 833. The predicted molar refractivity (Wildman–Crippen MR) is 103 cm³/mol. The molecule has 0 radical (unpaired) electrons.